The van der Waals surface area contributed by atoms with Crippen LogP contribution in [-0.4, -0.2) is 47.4 Å². The molecule has 0 aromatic rings. The van der Waals surface area contributed by atoms with Crippen molar-refractivity contribution in [3.63, 3.8) is 0 Å². The zero-order valence-electron chi connectivity index (χ0n) is 42.8. The van der Waals surface area contributed by atoms with Crippen LogP contribution in [0.5, 0.6) is 0 Å². The average Bonchev–Trinajstić information content (AvgIpc) is 3.29. The summed E-state index contributed by atoms with van der Waals surface area (Å²) in [5.74, 6) is -0.0469. The molecule has 0 saturated heterocycles. The fourth-order valence-electron chi connectivity index (χ4n) is 8.55. The van der Waals surface area contributed by atoms with Gasteiger partial charge in [-0.1, -0.05) is 243 Å². The molecule has 2 unspecified atom stereocenters. The second kappa shape index (κ2) is 53.7. The summed E-state index contributed by atoms with van der Waals surface area (Å²) in [4.78, 5) is 24.4. The number of aliphatic hydroxyl groups is 2. The van der Waals surface area contributed by atoms with Crippen molar-refractivity contribution in [3.05, 3.63) is 36.5 Å². The number of esters is 1. The Labute approximate surface area is 398 Å². The van der Waals surface area contributed by atoms with Crippen LogP contribution in [0.3, 0.4) is 0 Å². The molecule has 0 aromatic carbocycles. The molecule has 3 N–H and O–H groups in total. The predicted octanol–water partition coefficient (Wildman–Crippen LogP) is 17.2. The van der Waals surface area contributed by atoms with Crippen molar-refractivity contribution in [2.45, 2.75) is 309 Å². The van der Waals surface area contributed by atoms with Crippen molar-refractivity contribution in [2.24, 2.45) is 0 Å². The molecule has 0 fully saturated rings. The molecule has 2 atom stereocenters. The number of unbranched alkanes of at least 4 members (excludes halogenated alkanes) is 35. The number of amides is 1. The van der Waals surface area contributed by atoms with Gasteiger partial charge in [-0.15, -0.1) is 0 Å². The summed E-state index contributed by atoms with van der Waals surface area (Å²) < 4.78 is 5.46. The zero-order valence-corrected chi connectivity index (χ0v) is 42.8. The second-order valence-corrected chi connectivity index (χ2v) is 19.3. The Morgan fingerprint density at radius 3 is 1.27 bits per heavy atom. The highest BCUT2D eigenvalue weighted by molar-refractivity contribution is 5.76. The average molecular weight is 901 g/mol. The van der Waals surface area contributed by atoms with E-state index in [0.717, 1.165) is 51.4 Å². The standard InChI is InChI=1S/C58H109NO5/c1-3-5-7-9-11-13-15-27-32-36-40-44-48-52-58(63)64-53-49-45-41-37-33-29-26-24-22-20-18-16-17-19-21-23-25-28-31-35-39-43-47-51-57(62)59-55(54-60)56(61)50-46-42-38-34-30-14-12-10-8-6-4-2/h7,9,13,15,19,21,55-56,60-61H,3-6,8,10-12,14,16-18,20,22-54H2,1-2H3,(H,59,62)/b9-7-,15-13-,21-19-. The quantitative estimate of drug-likeness (QED) is 0.0321. The van der Waals surface area contributed by atoms with Gasteiger partial charge in [0, 0.05) is 12.8 Å². The number of aliphatic hydroxyl groups excluding tert-OH is 2. The molecule has 0 heterocycles. The van der Waals surface area contributed by atoms with Crippen molar-refractivity contribution < 1.29 is 24.5 Å². The largest absolute Gasteiger partial charge is 0.466 e. The van der Waals surface area contributed by atoms with Gasteiger partial charge < -0.3 is 20.3 Å². The summed E-state index contributed by atoms with van der Waals surface area (Å²) in [5.41, 5.74) is 0. The van der Waals surface area contributed by atoms with Crippen LogP contribution in [0.2, 0.25) is 0 Å². The van der Waals surface area contributed by atoms with Crippen LogP contribution in [0.4, 0.5) is 0 Å². The lowest BCUT2D eigenvalue weighted by atomic mass is 10.0. The van der Waals surface area contributed by atoms with Gasteiger partial charge >= 0.3 is 5.97 Å². The Morgan fingerprint density at radius 1 is 0.438 bits per heavy atom. The molecule has 0 rings (SSSR count). The molecule has 0 spiro atoms. The highest BCUT2D eigenvalue weighted by Crippen LogP contribution is 2.16. The number of rotatable bonds is 52. The van der Waals surface area contributed by atoms with Crippen molar-refractivity contribution in [1.29, 1.82) is 0 Å². The third kappa shape index (κ3) is 49.5. The summed E-state index contributed by atoms with van der Waals surface area (Å²) in [5, 5.41) is 23.2. The van der Waals surface area contributed by atoms with Gasteiger partial charge in [0.2, 0.25) is 5.91 Å². The number of nitrogens with one attached hydrogen (secondary N) is 1. The molecule has 0 aliphatic carbocycles. The zero-order chi connectivity index (χ0) is 46.5. The SMILES string of the molecule is CCC/C=C\C/C=C\CCCCCCCC(=O)OCCCCCCCCCCCCCC/C=C\CCCCCCCCCC(=O)NC(CO)C(O)CCCCCCCCCCCCC. The molecule has 0 aliphatic heterocycles. The fraction of sp³-hybridized carbons (Fsp3) is 0.862. The molecule has 6 nitrogen and oxygen atoms in total. The van der Waals surface area contributed by atoms with Crippen LogP contribution in [0.1, 0.15) is 296 Å². The van der Waals surface area contributed by atoms with E-state index in [1.54, 1.807) is 0 Å². The van der Waals surface area contributed by atoms with Gasteiger partial charge in [0.05, 0.1) is 25.4 Å². The summed E-state index contributed by atoms with van der Waals surface area (Å²) in [6.07, 6.45) is 65.7. The van der Waals surface area contributed by atoms with E-state index in [0.29, 0.717) is 25.9 Å². The van der Waals surface area contributed by atoms with Gasteiger partial charge in [0.1, 0.15) is 0 Å². The minimum atomic E-state index is -0.667. The van der Waals surface area contributed by atoms with E-state index >= 15 is 0 Å². The minimum Gasteiger partial charge on any atom is -0.466 e. The Kier molecular flexibility index (Phi) is 52.1. The first-order valence-electron chi connectivity index (χ1n) is 28.2. The summed E-state index contributed by atoms with van der Waals surface area (Å²) >= 11 is 0. The van der Waals surface area contributed by atoms with Crippen LogP contribution in [0.15, 0.2) is 36.5 Å². The lowest BCUT2D eigenvalue weighted by molar-refractivity contribution is -0.143. The smallest absolute Gasteiger partial charge is 0.305 e. The molecular weight excluding hydrogens is 791 g/mol. The van der Waals surface area contributed by atoms with Gasteiger partial charge in [-0.3, -0.25) is 9.59 Å². The lowest BCUT2D eigenvalue weighted by Crippen LogP contribution is -2.45. The van der Waals surface area contributed by atoms with E-state index in [2.05, 4.69) is 55.6 Å². The minimum absolute atomic E-state index is 0.00429. The molecule has 0 aliphatic rings. The Morgan fingerprint density at radius 2 is 0.812 bits per heavy atom. The molecule has 0 aromatic heterocycles. The van der Waals surface area contributed by atoms with Gasteiger partial charge in [-0.25, -0.2) is 0 Å². The Bertz CT molecular complexity index is 1040. The first-order chi connectivity index (χ1) is 31.5. The van der Waals surface area contributed by atoms with Gasteiger partial charge in [-0.2, -0.15) is 0 Å². The van der Waals surface area contributed by atoms with Crippen LogP contribution in [0, 0.1) is 0 Å². The molecule has 0 radical (unpaired) electrons. The maximum Gasteiger partial charge on any atom is 0.305 e. The molecule has 1 amide bonds. The summed E-state index contributed by atoms with van der Waals surface area (Å²) in [6, 6.07) is -0.545. The van der Waals surface area contributed by atoms with Crippen LogP contribution < -0.4 is 5.32 Å². The van der Waals surface area contributed by atoms with Crippen molar-refractivity contribution in [3.8, 4) is 0 Å². The van der Waals surface area contributed by atoms with Gasteiger partial charge in [0.15, 0.2) is 0 Å². The van der Waals surface area contributed by atoms with Crippen molar-refractivity contribution >= 4 is 11.9 Å². The molecular formula is C58H109NO5. The topological polar surface area (TPSA) is 95.9 Å². The van der Waals surface area contributed by atoms with E-state index in [1.807, 2.05) is 0 Å². The molecule has 0 bridgehead atoms. The highest BCUT2D eigenvalue weighted by Gasteiger charge is 2.20. The lowest BCUT2D eigenvalue weighted by Gasteiger charge is -2.22. The summed E-state index contributed by atoms with van der Waals surface area (Å²) in [7, 11) is 0. The van der Waals surface area contributed by atoms with E-state index in [-0.39, 0.29) is 18.5 Å². The van der Waals surface area contributed by atoms with Crippen LogP contribution >= 0.6 is 0 Å². The van der Waals surface area contributed by atoms with Crippen LogP contribution in [0.25, 0.3) is 0 Å². The predicted molar refractivity (Wildman–Crippen MR) is 278 cm³/mol. The first kappa shape index (κ1) is 62.1. The number of hydrogen-bond donors (Lipinski definition) is 3. The maximum atomic E-state index is 12.4. The normalized spacial score (nSPS) is 12.9. The Balaban J connectivity index is 3.40. The maximum absolute atomic E-state index is 12.4. The molecule has 376 valence electrons. The summed E-state index contributed by atoms with van der Waals surface area (Å²) in [6.45, 7) is 4.87. The van der Waals surface area contributed by atoms with Crippen molar-refractivity contribution in [2.75, 3.05) is 13.2 Å². The van der Waals surface area contributed by atoms with Gasteiger partial charge in [0.25, 0.3) is 0 Å². The second-order valence-electron chi connectivity index (χ2n) is 19.3. The van der Waals surface area contributed by atoms with Gasteiger partial charge in [-0.05, 0) is 77.0 Å². The number of carbonyl (C=O) groups excluding carboxylic acids is 2. The number of ether oxygens (including phenoxy) is 1. The monoisotopic (exact) mass is 900 g/mol. The first-order valence-corrected chi connectivity index (χ1v) is 28.2. The molecule has 6 heteroatoms. The highest BCUT2D eigenvalue weighted by atomic mass is 16.5. The van der Waals surface area contributed by atoms with Crippen molar-refractivity contribution in [1.82, 2.24) is 5.32 Å². The molecule has 0 saturated carbocycles. The van der Waals surface area contributed by atoms with E-state index in [1.165, 1.54) is 212 Å². The number of carbonyl (C=O) groups is 2. The Hall–Kier alpha value is -1.92. The van der Waals surface area contributed by atoms with E-state index < -0.39 is 12.1 Å². The third-order valence-corrected chi connectivity index (χ3v) is 12.9. The fourth-order valence-corrected chi connectivity index (χ4v) is 8.55. The van der Waals surface area contributed by atoms with E-state index in [9.17, 15) is 19.8 Å². The number of allylic oxidation sites excluding steroid dienone is 6. The third-order valence-electron chi connectivity index (χ3n) is 12.9. The molecule has 64 heavy (non-hydrogen) atoms. The van der Waals surface area contributed by atoms with E-state index in [4.69, 9.17) is 4.74 Å². The number of hydrogen-bond acceptors (Lipinski definition) is 5. The van der Waals surface area contributed by atoms with Crippen LogP contribution in [-0.2, 0) is 14.3 Å².